The largest absolute Gasteiger partial charge is 0.492 e. The summed E-state index contributed by atoms with van der Waals surface area (Å²) in [6.45, 7) is 5.64. The third-order valence-electron chi connectivity index (χ3n) is 5.72. The molecule has 1 fully saturated rings. The number of nitrogens with zero attached hydrogens (tertiary/aromatic N) is 3. The highest BCUT2D eigenvalue weighted by molar-refractivity contribution is 7.89. The third kappa shape index (κ3) is 4.09. The van der Waals surface area contributed by atoms with Crippen LogP contribution >= 0.6 is 0 Å². The van der Waals surface area contributed by atoms with Gasteiger partial charge in [-0.3, -0.25) is 4.79 Å². The lowest BCUT2D eigenvalue weighted by Gasteiger charge is -2.19. The predicted octanol–water partition coefficient (Wildman–Crippen LogP) is 2.43. The number of likely N-dealkylation sites (tertiary alicyclic amines) is 1. The third-order valence-corrected chi connectivity index (χ3v) is 7.81. The fourth-order valence-corrected chi connectivity index (χ4v) is 5.83. The summed E-state index contributed by atoms with van der Waals surface area (Å²) in [6.07, 6.45) is 3.24. The van der Waals surface area contributed by atoms with Crippen molar-refractivity contribution < 1.29 is 22.5 Å². The van der Waals surface area contributed by atoms with Gasteiger partial charge in [0.1, 0.15) is 22.9 Å². The Morgan fingerprint density at radius 2 is 1.93 bits per heavy atom. The number of fused-ring (bicyclic) bond motifs is 1. The summed E-state index contributed by atoms with van der Waals surface area (Å²) in [7, 11) is -3.76. The fourth-order valence-electron chi connectivity index (χ4n) is 4.13. The van der Waals surface area contributed by atoms with E-state index in [2.05, 4.69) is 5.16 Å². The Balaban J connectivity index is 1.52. The number of aryl methyl sites for hydroxylation is 3. The molecule has 0 spiro atoms. The minimum atomic E-state index is -3.76. The standard InChI is InChI=1S/C21H27N3O5S/c1-15-21(16(2)29-22-15)30(26,27)24-11-12-28-19-7-5-17(13-18(19)14-24)6-8-20(25)23-9-3-4-10-23/h5,7,13H,3-4,6,8-12,14H2,1-2H3. The Kier molecular flexibility index (Phi) is 5.84. The highest BCUT2D eigenvalue weighted by Gasteiger charge is 2.33. The van der Waals surface area contributed by atoms with Gasteiger partial charge in [-0.1, -0.05) is 17.3 Å². The number of amides is 1. The number of sulfonamides is 1. The summed E-state index contributed by atoms with van der Waals surface area (Å²) in [6, 6.07) is 5.78. The van der Waals surface area contributed by atoms with Crippen LogP contribution in [-0.2, 0) is 27.8 Å². The van der Waals surface area contributed by atoms with Crippen molar-refractivity contribution in [1.29, 1.82) is 0 Å². The average Bonchev–Trinajstić information content (AvgIpc) is 3.31. The van der Waals surface area contributed by atoms with Gasteiger partial charge in [0.15, 0.2) is 5.76 Å². The van der Waals surface area contributed by atoms with E-state index >= 15 is 0 Å². The van der Waals surface area contributed by atoms with Gasteiger partial charge in [0.2, 0.25) is 15.9 Å². The number of carbonyl (C=O) groups is 1. The molecule has 1 saturated heterocycles. The van der Waals surface area contributed by atoms with E-state index in [9.17, 15) is 13.2 Å². The van der Waals surface area contributed by atoms with E-state index in [1.807, 2.05) is 23.1 Å². The maximum absolute atomic E-state index is 13.2. The molecule has 2 aliphatic rings. The van der Waals surface area contributed by atoms with Gasteiger partial charge >= 0.3 is 0 Å². The second-order valence-electron chi connectivity index (χ2n) is 7.87. The number of ether oxygens (including phenoxy) is 1. The van der Waals surface area contributed by atoms with Crippen LogP contribution in [0.1, 0.15) is 41.8 Å². The molecule has 1 amide bonds. The molecule has 0 saturated carbocycles. The van der Waals surface area contributed by atoms with Crippen LogP contribution in [0.5, 0.6) is 5.75 Å². The molecule has 1 aromatic carbocycles. The van der Waals surface area contributed by atoms with Crippen LogP contribution in [-0.4, -0.2) is 54.9 Å². The van der Waals surface area contributed by atoms with Crippen LogP contribution in [0.3, 0.4) is 0 Å². The molecule has 9 heteroatoms. The molecular formula is C21H27N3O5S. The Hall–Kier alpha value is -2.39. The van der Waals surface area contributed by atoms with Gasteiger partial charge in [-0.2, -0.15) is 4.31 Å². The van der Waals surface area contributed by atoms with Crippen molar-refractivity contribution in [1.82, 2.24) is 14.4 Å². The van der Waals surface area contributed by atoms with Crippen LogP contribution in [0, 0.1) is 13.8 Å². The maximum atomic E-state index is 13.2. The molecule has 2 aliphatic heterocycles. The zero-order valence-corrected chi connectivity index (χ0v) is 18.2. The highest BCUT2D eigenvalue weighted by atomic mass is 32.2. The molecule has 0 atom stereocenters. The lowest BCUT2D eigenvalue weighted by atomic mass is 10.0. The van der Waals surface area contributed by atoms with E-state index in [0.29, 0.717) is 24.3 Å². The smallest absolute Gasteiger partial charge is 0.248 e. The van der Waals surface area contributed by atoms with Gasteiger partial charge in [0.05, 0.1) is 0 Å². The summed E-state index contributed by atoms with van der Waals surface area (Å²) in [5.74, 6) is 1.15. The lowest BCUT2D eigenvalue weighted by molar-refractivity contribution is -0.130. The Labute approximate surface area is 176 Å². The molecule has 162 valence electrons. The second kappa shape index (κ2) is 8.39. The van der Waals surface area contributed by atoms with Gasteiger partial charge in [0, 0.05) is 38.2 Å². The number of benzene rings is 1. The summed E-state index contributed by atoms with van der Waals surface area (Å²) in [5.41, 5.74) is 2.16. The van der Waals surface area contributed by atoms with Crippen molar-refractivity contribution >= 4 is 15.9 Å². The fraction of sp³-hybridized carbons (Fsp3) is 0.524. The second-order valence-corrected chi connectivity index (χ2v) is 9.75. The molecule has 0 N–H and O–H groups in total. The molecule has 3 heterocycles. The first-order valence-corrected chi connectivity index (χ1v) is 11.8. The molecule has 0 unspecified atom stereocenters. The number of hydrogen-bond donors (Lipinski definition) is 0. The first kappa shape index (κ1) is 20.9. The first-order chi connectivity index (χ1) is 14.4. The minimum absolute atomic E-state index is 0.123. The van der Waals surface area contributed by atoms with Crippen LogP contribution < -0.4 is 4.74 Å². The number of aromatic nitrogens is 1. The van der Waals surface area contributed by atoms with Crippen LogP contribution in [0.2, 0.25) is 0 Å². The molecule has 4 rings (SSSR count). The molecule has 1 aromatic heterocycles. The Morgan fingerprint density at radius 1 is 1.17 bits per heavy atom. The normalized spacial score (nSPS) is 17.5. The van der Waals surface area contributed by atoms with Gasteiger partial charge in [-0.25, -0.2) is 8.42 Å². The SMILES string of the molecule is Cc1noc(C)c1S(=O)(=O)N1CCOc2ccc(CCC(=O)N3CCCC3)cc2C1. The first-order valence-electron chi connectivity index (χ1n) is 10.3. The summed E-state index contributed by atoms with van der Waals surface area (Å²) in [4.78, 5) is 14.4. The molecule has 0 bridgehead atoms. The van der Waals surface area contributed by atoms with Gasteiger partial charge in [0.25, 0.3) is 0 Å². The van der Waals surface area contributed by atoms with Crippen LogP contribution in [0.15, 0.2) is 27.6 Å². The number of hydrogen-bond acceptors (Lipinski definition) is 6. The molecule has 2 aromatic rings. The van der Waals surface area contributed by atoms with Crippen molar-refractivity contribution in [3.63, 3.8) is 0 Å². The van der Waals surface area contributed by atoms with E-state index in [1.165, 1.54) is 4.31 Å². The van der Waals surface area contributed by atoms with Crippen LogP contribution in [0.4, 0.5) is 0 Å². The van der Waals surface area contributed by atoms with Crippen molar-refractivity contribution in [2.24, 2.45) is 0 Å². The lowest BCUT2D eigenvalue weighted by Crippen LogP contribution is -2.33. The monoisotopic (exact) mass is 433 g/mol. The van der Waals surface area contributed by atoms with E-state index in [-0.39, 0.29) is 36.3 Å². The quantitative estimate of drug-likeness (QED) is 0.719. The van der Waals surface area contributed by atoms with E-state index in [0.717, 1.165) is 37.1 Å². The molecule has 30 heavy (non-hydrogen) atoms. The molecular weight excluding hydrogens is 406 g/mol. The maximum Gasteiger partial charge on any atom is 0.248 e. The number of carbonyl (C=O) groups excluding carboxylic acids is 1. The van der Waals surface area contributed by atoms with E-state index in [1.54, 1.807) is 13.8 Å². The van der Waals surface area contributed by atoms with Gasteiger partial charge in [-0.15, -0.1) is 0 Å². The molecule has 0 aliphatic carbocycles. The minimum Gasteiger partial charge on any atom is -0.492 e. The van der Waals surface area contributed by atoms with Crippen molar-refractivity contribution in [2.75, 3.05) is 26.2 Å². The van der Waals surface area contributed by atoms with Crippen molar-refractivity contribution in [2.45, 2.75) is 51.0 Å². The molecule has 0 radical (unpaired) electrons. The summed E-state index contributed by atoms with van der Waals surface area (Å²) in [5, 5.41) is 3.78. The topological polar surface area (TPSA) is 93.0 Å². The zero-order valence-electron chi connectivity index (χ0n) is 17.4. The van der Waals surface area contributed by atoms with E-state index < -0.39 is 10.0 Å². The Bertz CT molecular complexity index is 1020. The predicted molar refractivity (Wildman–Crippen MR) is 110 cm³/mol. The van der Waals surface area contributed by atoms with Gasteiger partial charge < -0.3 is 14.2 Å². The van der Waals surface area contributed by atoms with Crippen molar-refractivity contribution in [3.05, 3.63) is 40.8 Å². The van der Waals surface area contributed by atoms with E-state index in [4.69, 9.17) is 9.26 Å². The average molecular weight is 434 g/mol. The number of rotatable bonds is 5. The zero-order chi connectivity index (χ0) is 21.3. The summed E-state index contributed by atoms with van der Waals surface area (Å²) < 4.78 is 38.7. The Morgan fingerprint density at radius 3 is 2.63 bits per heavy atom. The van der Waals surface area contributed by atoms with Crippen LogP contribution in [0.25, 0.3) is 0 Å². The summed E-state index contributed by atoms with van der Waals surface area (Å²) >= 11 is 0. The van der Waals surface area contributed by atoms with Crippen molar-refractivity contribution in [3.8, 4) is 5.75 Å². The highest BCUT2D eigenvalue weighted by Crippen LogP contribution is 2.30. The molecule has 8 nitrogen and oxygen atoms in total. The van der Waals surface area contributed by atoms with Gasteiger partial charge in [-0.05, 0) is 44.7 Å².